The van der Waals surface area contributed by atoms with Gasteiger partial charge in [-0.2, -0.15) is 0 Å². The van der Waals surface area contributed by atoms with Crippen molar-refractivity contribution in [1.29, 1.82) is 0 Å². The van der Waals surface area contributed by atoms with Crippen LogP contribution in [-0.4, -0.2) is 36.9 Å². The summed E-state index contributed by atoms with van der Waals surface area (Å²) in [5, 5.41) is 9.34. The molecule has 0 radical (unpaired) electrons. The van der Waals surface area contributed by atoms with Gasteiger partial charge < -0.3 is 15.4 Å². The highest BCUT2D eigenvalue weighted by Crippen LogP contribution is 2.25. The van der Waals surface area contributed by atoms with Gasteiger partial charge in [-0.05, 0) is 29.7 Å². The largest absolute Gasteiger partial charge is 0.442 e. The summed E-state index contributed by atoms with van der Waals surface area (Å²) in [6.45, 7) is 5.24. The van der Waals surface area contributed by atoms with E-state index in [-0.39, 0.29) is 12.2 Å². The minimum atomic E-state index is -0.306. The molecule has 1 atom stereocenters. The Balaban J connectivity index is 1.80. The van der Waals surface area contributed by atoms with E-state index in [4.69, 9.17) is 17.0 Å². The molecule has 1 amide bonds. The number of nitrogens with zero attached hydrogens (tertiary/aromatic N) is 1. The van der Waals surface area contributed by atoms with Crippen LogP contribution in [0.25, 0.3) is 0 Å². The first-order valence-electron chi connectivity index (χ1n) is 5.85. The molecule has 2 heterocycles. The van der Waals surface area contributed by atoms with Crippen LogP contribution in [0.3, 0.4) is 0 Å². The van der Waals surface area contributed by atoms with Gasteiger partial charge >= 0.3 is 6.09 Å². The highest BCUT2D eigenvalue weighted by atomic mass is 32.1. The molecule has 1 saturated heterocycles. The number of amides is 1. The summed E-state index contributed by atoms with van der Waals surface area (Å²) in [4.78, 5) is 13.4. The first-order valence-corrected chi connectivity index (χ1v) is 7.13. The van der Waals surface area contributed by atoms with Crippen LogP contribution in [-0.2, 0) is 4.74 Å². The Morgan fingerprint density at radius 1 is 1.68 bits per heavy atom. The predicted molar refractivity (Wildman–Crippen MR) is 80.7 cm³/mol. The number of cyclic esters (lactones) is 1. The molecule has 102 valence electrons. The fourth-order valence-corrected chi connectivity index (χ4v) is 2.56. The van der Waals surface area contributed by atoms with Crippen LogP contribution in [0, 0.1) is 0 Å². The number of thiocarbonyl (C=S) groups is 1. The van der Waals surface area contributed by atoms with Gasteiger partial charge in [0.1, 0.15) is 11.1 Å². The average Bonchev–Trinajstić information content (AvgIpc) is 3.02. The van der Waals surface area contributed by atoms with Gasteiger partial charge in [-0.25, -0.2) is 4.79 Å². The molecule has 1 aromatic rings. The van der Waals surface area contributed by atoms with Crippen molar-refractivity contribution in [1.82, 2.24) is 10.6 Å². The smallest absolute Gasteiger partial charge is 0.415 e. The lowest BCUT2D eigenvalue weighted by molar-refractivity contribution is 0.143. The molecule has 0 aromatic carbocycles. The van der Waals surface area contributed by atoms with E-state index in [0.29, 0.717) is 24.7 Å². The van der Waals surface area contributed by atoms with Gasteiger partial charge in [-0.3, -0.25) is 4.90 Å². The number of carbonyl (C=O) groups is 1. The molecule has 5 nitrogen and oxygen atoms in total. The minimum Gasteiger partial charge on any atom is -0.442 e. The molecule has 0 spiro atoms. The maximum absolute atomic E-state index is 11.7. The van der Waals surface area contributed by atoms with E-state index in [2.05, 4.69) is 17.2 Å². The number of anilines is 1. The fourth-order valence-electron chi connectivity index (χ4n) is 1.67. The van der Waals surface area contributed by atoms with Crippen molar-refractivity contribution >= 4 is 39.8 Å². The maximum Gasteiger partial charge on any atom is 0.415 e. The Morgan fingerprint density at radius 2 is 2.53 bits per heavy atom. The third kappa shape index (κ3) is 3.68. The van der Waals surface area contributed by atoms with Gasteiger partial charge in [0.2, 0.25) is 0 Å². The second-order valence-electron chi connectivity index (χ2n) is 3.95. The topological polar surface area (TPSA) is 53.6 Å². The number of ether oxygens (including phenoxy) is 1. The predicted octanol–water partition coefficient (Wildman–Crippen LogP) is 1.72. The van der Waals surface area contributed by atoms with Crippen molar-refractivity contribution in [2.75, 3.05) is 24.5 Å². The zero-order valence-corrected chi connectivity index (χ0v) is 11.9. The van der Waals surface area contributed by atoms with Crippen LogP contribution in [0.5, 0.6) is 0 Å². The molecular weight excluding hydrogens is 282 g/mol. The Hall–Kier alpha value is -1.60. The summed E-state index contributed by atoms with van der Waals surface area (Å²) in [6.07, 6.45) is 1.22. The van der Waals surface area contributed by atoms with Crippen molar-refractivity contribution < 1.29 is 9.53 Å². The van der Waals surface area contributed by atoms with E-state index in [1.54, 1.807) is 11.0 Å². The van der Waals surface area contributed by atoms with Crippen molar-refractivity contribution in [2.24, 2.45) is 0 Å². The van der Waals surface area contributed by atoms with Gasteiger partial charge in [0, 0.05) is 6.54 Å². The Labute approximate surface area is 121 Å². The minimum absolute atomic E-state index is 0.196. The number of rotatable bonds is 5. The molecular formula is C12H15N3O2S2. The van der Waals surface area contributed by atoms with Crippen LogP contribution >= 0.6 is 23.6 Å². The summed E-state index contributed by atoms with van der Waals surface area (Å²) < 4.78 is 5.28. The molecule has 0 bridgehead atoms. The van der Waals surface area contributed by atoms with E-state index in [9.17, 15) is 4.79 Å². The molecule has 0 aliphatic carbocycles. The third-order valence-electron chi connectivity index (χ3n) is 2.54. The van der Waals surface area contributed by atoms with Crippen LogP contribution in [0.4, 0.5) is 9.80 Å². The quantitative estimate of drug-likeness (QED) is 0.640. The van der Waals surface area contributed by atoms with Gasteiger partial charge in [0.05, 0.1) is 13.1 Å². The van der Waals surface area contributed by atoms with Crippen LogP contribution in [0.15, 0.2) is 30.2 Å². The SMILES string of the molecule is C=CCNC(=S)NCC1CN(c2cccs2)C(=O)O1. The molecule has 2 N–H and O–H groups in total. The number of carbonyl (C=O) groups excluding carboxylic acids is 1. The van der Waals surface area contributed by atoms with Crippen molar-refractivity contribution in [2.45, 2.75) is 6.10 Å². The second-order valence-corrected chi connectivity index (χ2v) is 5.28. The molecule has 1 aliphatic heterocycles. The van der Waals surface area contributed by atoms with Crippen molar-refractivity contribution in [3.05, 3.63) is 30.2 Å². The number of hydrogen-bond acceptors (Lipinski definition) is 4. The van der Waals surface area contributed by atoms with Crippen LogP contribution in [0.1, 0.15) is 0 Å². The first kappa shape index (κ1) is 13.8. The van der Waals surface area contributed by atoms with E-state index in [0.717, 1.165) is 5.00 Å². The third-order valence-corrected chi connectivity index (χ3v) is 3.72. The first-order chi connectivity index (χ1) is 9.20. The van der Waals surface area contributed by atoms with E-state index >= 15 is 0 Å². The Bertz CT molecular complexity index is 462. The van der Waals surface area contributed by atoms with Gasteiger partial charge in [-0.1, -0.05) is 6.08 Å². The Morgan fingerprint density at radius 3 is 3.21 bits per heavy atom. The van der Waals surface area contributed by atoms with Gasteiger partial charge in [-0.15, -0.1) is 17.9 Å². The summed E-state index contributed by atoms with van der Waals surface area (Å²) in [5.74, 6) is 0. The van der Waals surface area contributed by atoms with Crippen LogP contribution in [0.2, 0.25) is 0 Å². The van der Waals surface area contributed by atoms with Crippen LogP contribution < -0.4 is 15.5 Å². The lowest BCUT2D eigenvalue weighted by atomic mass is 10.3. The number of thiophene rings is 1. The zero-order chi connectivity index (χ0) is 13.7. The molecule has 1 unspecified atom stereocenters. The van der Waals surface area contributed by atoms with E-state index in [1.807, 2.05) is 17.5 Å². The monoisotopic (exact) mass is 297 g/mol. The van der Waals surface area contributed by atoms with Gasteiger partial charge in [0.25, 0.3) is 0 Å². The Kier molecular flexibility index (Phi) is 4.75. The zero-order valence-electron chi connectivity index (χ0n) is 10.3. The van der Waals surface area contributed by atoms with Crippen molar-refractivity contribution in [3.8, 4) is 0 Å². The van der Waals surface area contributed by atoms with E-state index in [1.165, 1.54) is 11.3 Å². The normalized spacial score (nSPS) is 18.0. The molecule has 1 aliphatic rings. The number of nitrogens with one attached hydrogen (secondary N) is 2. The maximum atomic E-state index is 11.7. The molecule has 0 saturated carbocycles. The average molecular weight is 297 g/mol. The molecule has 7 heteroatoms. The molecule has 19 heavy (non-hydrogen) atoms. The van der Waals surface area contributed by atoms with Gasteiger partial charge in [0.15, 0.2) is 5.11 Å². The molecule has 1 aromatic heterocycles. The lowest BCUT2D eigenvalue weighted by Gasteiger charge is -2.12. The summed E-state index contributed by atoms with van der Waals surface area (Å²) in [6, 6.07) is 3.81. The second kappa shape index (κ2) is 6.53. The lowest BCUT2D eigenvalue weighted by Crippen LogP contribution is -2.40. The highest BCUT2D eigenvalue weighted by Gasteiger charge is 2.32. The van der Waals surface area contributed by atoms with Crippen molar-refractivity contribution in [3.63, 3.8) is 0 Å². The summed E-state index contributed by atoms with van der Waals surface area (Å²) >= 11 is 6.59. The summed E-state index contributed by atoms with van der Waals surface area (Å²) in [7, 11) is 0. The van der Waals surface area contributed by atoms with E-state index < -0.39 is 0 Å². The number of hydrogen-bond donors (Lipinski definition) is 2. The summed E-state index contributed by atoms with van der Waals surface area (Å²) in [5.41, 5.74) is 0. The standard InChI is InChI=1S/C12H15N3O2S2/c1-2-5-13-11(18)14-7-9-8-15(12(16)17-9)10-4-3-6-19-10/h2-4,6,9H,1,5,7-8H2,(H2,13,14,18). The molecule has 1 fully saturated rings. The highest BCUT2D eigenvalue weighted by molar-refractivity contribution is 7.80. The fraction of sp³-hybridized carbons (Fsp3) is 0.333. The molecule has 2 rings (SSSR count).